The van der Waals surface area contributed by atoms with Crippen LogP contribution in [0.1, 0.15) is 39.4 Å². The zero-order valence-corrected chi connectivity index (χ0v) is 20.4. The fraction of sp³-hybridized carbons (Fsp3) is 0.409. The Labute approximate surface area is 197 Å². The predicted octanol–water partition coefficient (Wildman–Crippen LogP) is 2.38. The van der Waals surface area contributed by atoms with Crippen LogP contribution in [0, 0.1) is 6.92 Å². The molecule has 11 heteroatoms. The van der Waals surface area contributed by atoms with E-state index >= 15 is 0 Å². The first-order valence-electron chi connectivity index (χ1n) is 10.5. The maximum atomic E-state index is 12.8. The normalized spacial score (nSPS) is 15.2. The van der Waals surface area contributed by atoms with Crippen LogP contribution in [0.3, 0.4) is 0 Å². The molecule has 1 aliphatic heterocycles. The first kappa shape index (κ1) is 25.0. The quantitative estimate of drug-likeness (QED) is 0.444. The van der Waals surface area contributed by atoms with Crippen LogP contribution >= 0.6 is 11.3 Å². The SMILES string of the molecule is CCOC(=O)c1c(NC(=O)CN2CCN(S(=O)(=O)c3ccccc3)CC2)sc(C(C)=O)c1C. The van der Waals surface area contributed by atoms with Crippen molar-refractivity contribution in [1.29, 1.82) is 0 Å². The first-order valence-corrected chi connectivity index (χ1v) is 12.8. The summed E-state index contributed by atoms with van der Waals surface area (Å²) in [5.74, 6) is -1.13. The third kappa shape index (κ3) is 5.67. The van der Waals surface area contributed by atoms with Crippen LogP contribution < -0.4 is 5.32 Å². The third-order valence-corrected chi connectivity index (χ3v) is 8.50. The van der Waals surface area contributed by atoms with Gasteiger partial charge in [0, 0.05) is 26.2 Å². The molecule has 0 unspecified atom stereocenters. The summed E-state index contributed by atoms with van der Waals surface area (Å²) in [7, 11) is -3.57. The molecule has 1 aromatic heterocycles. The van der Waals surface area contributed by atoms with Gasteiger partial charge in [-0.2, -0.15) is 4.31 Å². The number of hydrogen-bond donors (Lipinski definition) is 1. The molecule has 1 aliphatic rings. The molecule has 0 bridgehead atoms. The molecule has 1 saturated heterocycles. The second-order valence-electron chi connectivity index (χ2n) is 7.58. The van der Waals surface area contributed by atoms with Crippen molar-refractivity contribution in [2.24, 2.45) is 0 Å². The van der Waals surface area contributed by atoms with Gasteiger partial charge in [0.2, 0.25) is 15.9 Å². The number of carbonyl (C=O) groups excluding carboxylic acids is 3. The van der Waals surface area contributed by atoms with Crippen molar-refractivity contribution in [3.05, 3.63) is 46.3 Å². The number of piperazine rings is 1. The van der Waals surface area contributed by atoms with E-state index in [1.807, 2.05) is 4.90 Å². The summed E-state index contributed by atoms with van der Waals surface area (Å²) >= 11 is 1.05. The van der Waals surface area contributed by atoms with Crippen molar-refractivity contribution in [1.82, 2.24) is 9.21 Å². The maximum absolute atomic E-state index is 12.8. The van der Waals surface area contributed by atoms with Gasteiger partial charge in [-0.15, -0.1) is 11.3 Å². The number of anilines is 1. The summed E-state index contributed by atoms with van der Waals surface area (Å²) in [5.41, 5.74) is 0.681. The van der Waals surface area contributed by atoms with E-state index in [-0.39, 0.29) is 53.4 Å². The zero-order chi connectivity index (χ0) is 24.2. The molecule has 2 heterocycles. The van der Waals surface area contributed by atoms with Crippen LogP contribution in [0.2, 0.25) is 0 Å². The fourth-order valence-corrected chi connectivity index (χ4v) is 6.17. The number of sulfonamides is 1. The molecule has 3 rings (SSSR count). The Morgan fingerprint density at radius 3 is 2.30 bits per heavy atom. The number of rotatable bonds is 8. The molecule has 1 fully saturated rings. The van der Waals surface area contributed by atoms with Gasteiger partial charge in [-0.25, -0.2) is 13.2 Å². The monoisotopic (exact) mass is 493 g/mol. The van der Waals surface area contributed by atoms with Crippen LogP contribution in [-0.2, 0) is 19.6 Å². The van der Waals surface area contributed by atoms with Crippen molar-refractivity contribution in [3.8, 4) is 0 Å². The molecule has 1 N–H and O–H groups in total. The summed E-state index contributed by atoms with van der Waals surface area (Å²) in [6.45, 7) is 6.28. The number of Topliss-reactive ketones (excluding diaryl/α,β-unsaturated/α-hetero) is 1. The lowest BCUT2D eigenvalue weighted by Crippen LogP contribution is -2.50. The highest BCUT2D eigenvalue weighted by atomic mass is 32.2. The van der Waals surface area contributed by atoms with E-state index in [1.165, 1.54) is 11.2 Å². The number of thiophene rings is 1. The molecule has 9 nitrogen and oxygen atoms in total. The van der Waals surface area contributed by atoms with Gasteiger partial charge in [-0.3, -0.25) is 14.5 Å². The number of nitrogens with one attached hydrogen (secondary N) is 1. The van der Waals surface area contributed by atoms with E-state index in [2.05, 4.69) is 5.32 Å². The standard InChI is InChI=1S/C22H27N3O6S2/c1-4-31-22(28)19-15(2)20(16(3)26)32-21(19)23-18(27)14-24-10-12-25(13-11-24)33(29,30)17-8-6-5-7-9-17/h5-9H,4,10-14H2,1-3H3,(H,23,27). The van der Waals surface area contributed by atoms with Gasteiger partial charge in [-0.05, 0) is 38.5 Å². The second-order valence-corrected chi connectivity index (χ2v) is 10.5. The van der Waals surface area contributed by atoms with E-state index in [0.29, 0.717) is 23.5 Å². The van der Waals surface area contributed by atoms with Crippen molar-refractivity contribution < 1.29 is 27.5 Å². The van der Waals surface area contributed by atoms with Crippen LogP contribution in [0.25, 0.3) is 0 Å². The average molecular weight is 494 g/mol. The van der Waals surface area contributed by atoms with Gasteiger partial charge in [0.15, 0.2) is 5.78 Å². The van der Waals surface area contributed by atoms with Crippen LogP contribution in [-0.4, -0.2) is 74.6 Å². The number of benzene rings is 1. The predicted molar refractivity (Wildman–Crippen MR) is 125 cm³/mol. The lowest BCUT2D eigenvalue weighted by atomic mass is 10.1. The number of hydrogen-bond acceptors (Lipinski definition) is 8. The van der Waals surface area contributed by atoms with Crippen molar-refractivity contribution in [2.75, 3.05) is 44.6 Å². The molecule has 0 spiro atoms. The molecular formula is C22H27N3O6S2. The molecule has 33 heavy (non-hydrogen) atoms. The van der Waals surface area contributed by atoms with Crippen LogP contribution in [0.4, 0.5) is 5.00 Å². The number of ether oxygens (including phenoxy) is 1. The van der Waals surface area contributed by atoms with Crippen molar-refractivity contribution in [3.63, 3.8) is 0 Å². The number of nitrogens with zero attached hydrogens (tertiary/aromatic N) is 2. The van der Waals surface area contributed by atoms with E-state index in [1.54, 1.807) is 44.2 Å². The largest absolute Gasteiger partial charge is 0.462 e. The van der Waals surface area contributed by atoms with Crippen LogP contribution in [0.5, 0.6) is 0 Å². The molecule has 0 radical (unpaired) electrons. The molecule has 1 amide bonds. The molecule has 178 valence electrons. The van der Waals surface area contributed by atoms with Gasteiger partial charge >= 0.3 is 5.97 Å². The number of carbonyl (C=O) groups is 3. The number of ketones is 1. The Balaban J connectivity index is 1.64. The average Bonchev–Trinajstić information content (AvgIpc) is 3.10. The smallest absolute Gasteiger partial charge is 0.341 e. The maximum Gasteiger partial charge on any atom is 0.341 e. The highest BCUT2D eigenvalue weighted by Crippen LogP contribution is 2.34. The first-order chi connectivity index (χ1) is 15.6. The minimum Gasteiger partial charge on any atom is -0.462 e. The summed E-state index contributed by atoms with van der Waals surface area (Å²) in [5, 5.41) is 3.02. The van der Waals surface area contributed by atoms with Gasteiger partial charge < -0.3 is 10.1 Å². The summed E-state index contributed by atoms with van der Waals surface area (Å²) in [4.78, 5) is 39.5. The number of amides is 1. The van der Waals surface area contributed by atoms with Gasteiger partial charge in [0.05, 0.1) is 28.5 Å². The Bertz CT molecular complexity index is 1140. The van der Waals surface area contributed by atoms with Crippen LogP contribution in [0.15, 0.2) is 35.2 Å². The highest BCUT2D eigenvalue weighted by Gasteiger charge is 2.30. The van der Waals surface area contributed by atoms with E-state index in [9.17, 15) is 22.8 Å². The lowest BCUT2D eigenvalue weighted by molar-refractivity contribution is -0.117. The Morgan fingerprint density at radius 1 is 1.09 bits per heavy atom. The zero-order valence-electron chi connectivity index (χ0n) is 18.8. The third-order valence-electron chi connectivity index (χ3n) is 5.28. The fourth-order valence-electron chi connectivity index (χ4n) is 3.63. The van der Waals surface area contributed by atoms with E-state index in [0.717, 1.165) is 11.3 Å². The topological polar surface area (TPSA) is 113 Å². The highest BCUT2D eigenvalue weighted by molar-refractivity contribution is 7.89. The number of esters is 1. The lowest BCUT2D eigenvalue weighted by Gasteiger charge is -2.33. The van der Waals surface area contributed by atoms with Gasteiger partial charge in [-0.1, -0.05) is 18.2 Å². The summed E-state index contributed by atoms with van der Waals surface area (Å²) < 4.78 is 32.0. The molecular weight excluding hydrogens is 466 g/mol. The summed E-state index contributed by atoms with van der Waals surface area (Å²) in [6.07, 6.45) is 0. The Hall–Kier alpha value is -2.60. The minimum atomic E-state index is -3.57. The summed E-state index contributed by atoms with van der Waals surface area (Å²) in [6, 6.07) is 8.25. The molecule has 1 aromatic carbocycles. The van der Waals surface area contributed by atoms with E-state index < -0.39 is 16.0 Å². The van der Waals surface area contributed by atoms with Crippen molar-refractivity contribution in [2.45, 2.75) is 25.7 Å². The molecule has 0 atom stereocenters. The molecule has 0 aliphatic carbocycles. The molecule has 0 saturated carbocycles. The second kappa shape index (κ2) is 10.6. The minimum absolute atomic E-state index is 0.0356. The Morgan fingerprint density at radius 2 is 1.73 bits per heavy atom. The van der Waals surface area contributed by atoms with Gasteiger partial charge in [0.1, 0.15) is 5.00 Å². The Kier molecular flexibility index (Phi) is 8.01. The van der Waals surface area contributed by atoms with E-state index in [4.69, 9.17) is 4.74 Å². The van der Waals surface area contributed by atoms with Gasteiger partial charge in [0.25, 0.3) is 0 Å². The molecule has 2 aromatic rings. The van der Waals surface area contributed by atoms with Crippen molar-refractivity contribution >= 4 is 44.0 Å².